The molecule has 0 amide bonds. The van der Waals surface area contributed by atoms with E-state index >= 15 is 0 Å². The SMILES string of the molecule is CN(CCc1ccccn1)C1(CN)CCN2CCCCC21. The summed E-state index contributed by atoms with van der Waals surface area (Å²) in [5, 5.41) is 0. The highest BCUT2D eigenvalue weighted by atomic mass is 15.3. The van der Waals surface area contributed by atoms with Crippen molar-refractivity contribution in [2.24, 2.45) is 5.73 Å². The van der Waals surface area contributed by atoms with Gasteiger partial charge in [-0.05, 0) is 45.0 Å². The summed E-state index contributed by atoms with van der Waals surface area (Å²) in [6.07, 6.45) is 8.13. The number of likely N-dealkylation sites (N-methyl/N-ethyl adjacent to an activating group) is 1. The molecule has 4 nitrogen and oxygen atoms in total. The fourth-order valence-corrected chi connectivity index (χ4v) is 4.26. The topological polar surface area (TPSA) is 45.4 Å². The van der Waals surface area contributed by atoms with Gasteiger partial charge >= 0.3 is 0 Å². The van der Waals surface area contributed by atoms with Crippen LogP contribution in [0.5, 0.6) is 0 Å². The van der Waals surface area contributed by atoms with Crippen molar-refractivity contribution in [2.75, 3.05) is 33.2 Å². The number of fused-ring (bicyclic) bond motifs is 1. The number of pyridine rings is 1. The molecule has 4 heteroatoms. The van der Waals surface area contributed by atoms with Crippen LogP contribution in [0.25, 0.3) is 0 Å². The van der Waals surface area contributed by atoms with Gasteiger partial charge in [-0.15, -0.1) is 0 Å². The van der Waals surface area contributed by atoms with Crippen molar-refractivity contribution in [1.82, 2.24) is 14.8 Å². The standard InChI is InChI=1S/C17H28N4/c1-20(12-8-15-6-2-4-10-19-15)17(14-18)9-13-21-11-5-3-7-16(17)21/h2,4,6,10,16H,3,5,7-9,11-14,18H2,1H3. The second-order valence-electron chi connectivity index (χ2n) is 6.60. The Bertz CT molecular complexity index is 449. The summed E-state index contributed by atoms with van der Waals surface area (Å²) in [5.41, 5.74) is 7.61. The minimum absolute atomic E-state index is 0.176. The van der Waals surface area contributed by atoms with E-state index in [-0.39, 0.29) is 5.54 Å². The first-order valence-corrected chi connectivity index (χ1v) is 8.31. The number of nitrogens with two attached hydrogens (primary N) is 1. The van der Waals surface area contributed by atoms with Crippen molar-refractivity contribution in [2.45, 2.75) is 43.7 Å². The van der Waals surface area contributed by atoms with Crippen LogP contribution in [-0.2, 0) is 6.42 Å². The molecule has 0 aromatic carbocycles. The zero-order valence-corrected chi connectivity index (χ0v) is 13.2. The highest BCUT2D eigenvalue weighted by molar-refractivity contribution is 5.09. The van der Waals surface area contributed by atoms with Gasteiger partial charge in [-0.2, -0.15) is 0 Å². The quantitative estimate of drug-likeness (QED) is 0.892. The Labute approximate surface area is 128 Å². The molecule has 2 unspecified atom stereocenters. The van der Waals surface area contributed by atoms with Crippen LogP contribution >= 0.6 is 0 Å². The Morgan fingerprint density at radius 2 is 2.29 bits per heavy atom. The molecule has 0 spiro atoms. The highest BCUT2D eigenvalue weighted by Crippen LogP contribution is 2.38. The average molecular weight is 288 g/mol. The molecule has 2 aliphatic heterocycles. The van der Waals surface area contributed by atoms with Gasteiger partial charge in [0.25, 0.3) is 0 Å². The Balaban J connectivity index is 1.67. The molecule has 1 aromatic heterocycles. The molecule has 0 saturated carbocycles. The Hall–Kier alpha value is -0.970. The Morgan fingerprint density at radius 3 is 3.05 bits per heavy atom. The molecule has 116 valence electrons. The number of nitrogens with zero attached hydrogens (tertiary/aromatic N) is 3. The molecule has 2 atom stereocenters. The lowest BCUT2D eigenvalue weighted by Gasteiger charge is -2.46. The van der Waals surface area contributed by atoms with E-state index in [1.165, 1.54) is 44.5 Å². The fraction of sp³-hybridized carbons (Fsp3) is 0.706. The number of piperidine rings is 1. The van der Waals surface area contributed by atoms with Gasteiger partial charge in [0.05, 0.1) is 0 Å². The van der Waals surface area contributed by atoms with Crippen molar-refractivity contribution >= 4 is 0 Å². The maximum absolute atomic E-state index is 6.26. The number of aromatic nitrogens is 1. The summed E-state index contributed by atoms with van der Waals surface area (Å²) in [4.78, 5) is 9.64. The molecule has 2 aliphatic rings. The summed E-state index contributed by atoms with van der Waals surface area (Å²) in [7, 11) is 2.26. The maximum Gasteiger partial charge on any atom is 0.0496 e. The first-order chi connectivity index (χ1) is 10.3. The van der Waals surface area contributed by atoms with Crippen LogP contribution in [-0.4, -0.2) is 59.6 Å². The predicted molar refractivity (Wildman–Crippen MR) is 86.2 cm³/mol. The lowest BCUT2D eigenvalue weighted by molar-refractivity contribution is 0.0569. The van der Waals surface area contributed by atoms with E-state index in [0.717, 1.165) is 19.5 Å². The van der Waals surface area contributed by atoms with Crippen LogP contribution in [0.4, 0.5) is 0 Å². The molecule has 0 radical (unpaired) electrons. The van der Waals surface area contributed by atoms with E-state index in [2.05, 4.69) is 34.0 Å². The van der Waals surface area contributed by atoms with Crippen LogP contribution in [0.3, 0.4) is 0 Å². The summed E-state index contributed by atoms with van der Waals surface area (Å²) in [6.45, 7) is 4.29. The molecule has 2 N–H and O–H groups in total. The van der Waals surface area contributed by atoms with E-state index in [0.29, 0.717) is 6.04 Å². The van der Waals surface area contributed by atoms with E-state index in [9.17, 15) is 0 Å². The molecule has 2 fully saturated rings. The van der Waals surface area contributed by atoms with E-state index in [1.54, 1.807) is 0 Å². The lowest BCUT2D eigenvalue weighted by atomic mass is 9.84. The van der Waals surface area contributed by atoms with Gasteiger partial charge in [0.2, 0.25) is 0 Å². The van der Waals surface area contributed by atoms with E-state index in [4.69, 9.17) is 5.73 Å². The van der Waals surface area contributed by atoms with Crippen molar-refractivity contribution in [1.29, 1.82) is 0 Å². The van der Waals surface area contributed by atoms with Crippen LogP contribution in [0.2, 0.25) is 0 Å². The van der Waals surface area contributed by atoms with Gasteiger partial charge in [0.1, 0.15) is 0 Å². The highest BCUT2D eigenvalue weighted by Gasteiger charge is 2.49. The second-order valence-corrected chi connectivity index (χ2v) is 6.60. The Morgan fingerprint density at radius 1 is 1.38 bits per heavy atom. The number of rotatable bonds is 5. The molecule has 1 aromatic rings. The summed E-state index contributed by atoms with van der Waals surface area (Å²) >= 11 is 0. The minimum atomic E-state index is 0.176. The van der Waals surface area contributed by atoms with Crippen LogP contribution in [0, 0.1) is 0 Å². The van der Waals surface area contributed by atoms with E-state index in [1.807, 2.05) is 12.3 Å². The van der Waals surface area contributed by atoms with Crippen molar-refractivity contribution in [3.63, 3.8) is 0 Å². The van der Waals surface area contributed by atoms with Gasteiger partial charge in [0, 0.05) is 49.5 Å². The zero-order valence-electron chi connectivity index (χ0n) is 13.2. The fourth-order valence-electron chi connectivity index (χ4n) is 4.26. The molecule has 3 heterocycles. The molecule has 0 bridgehead atoms. The Kier molecular flexibility index (Phi) is 4.57. The van der Waals surface area contributed by atoms with Crippen LogP contribution in [0.1, 0.15) is 31.4 Å². The summed E-state index contributed by atoms with van der Waals surface area (Å²) in [5.74, 6) is 0. The summed E-state index contributed by atoms with van der Waals surface area (Å²) in [6, 6.07) is 6.82. The smallest absolute Gasteiger partial charge is 0.0496 e. The molecule has 0 aliphatic carbocycles. The summed E-state index contributed by atoms with van der Waals surface area (Å²) < 4.78 is 0. The molecular weight excluding hydrogens is 260 g/mol. The van der Waals surface area contributed by atoms with Crippen molar-refractivity contribution in [3.8, 4) is 0 Å². The largest absolute Gasteiger partial charge is 0.329 e. The molecule has 21 heavy (non-hydrogen) atoms. The van der Waals surface area contributed by atoms with Gasteiger partial charge in [-0.1, -0.05) is 12.5 Å². The third-order valence-electron chi connectivity index (χ3n) is 5.61. The normalized spacial score (nSPS) is 29.8. The van der Waals surface area contributed by atoms with Gasteiger partial charge in [0.15, 0.2) is 0 Å². The third kappa shape index (κ3) is 2.85. The average Bonchev–Trinajstić information content (AvgIpc) is 2.94. The van der Waals surface area contributed by atoms with Crippen molar-refractivity contribution in [3.05, 3.63) is 30.1 Å². The van der Waals surface area contributed by atoms with Gasteiger partial charge in [-0.25, -0.2) is 0 Å². The first kappa shape index (κ1) is 14.9. The number of hydrogen-bond donors (Lipinski definition) is 1. The first-order valence-electron chi connectivity index (χ1n) is 8.31. The van der Waals surface area contributed by atoms with Crippen LogP contribution < -0.4 is 5.73 Å². The molecular formula is C17H28N4. The predicted octanol–water partition coefficient (Wildman–Crippen LogP) is 1.51. The zero-order chi connectivity index (χ0) is 14.7. The van der Waals surface area contributed by atoms with Crippen molar-refractivity contribution < 1.29 is 0 Å². The third-order valence-corrected chi connectivity index (χ3v) is 5.61. The number of hydrogen-bond acceptors (Lipinski definition) is 4. The van der Waals surface area contributed by atoms with Gasteiger partial charge in [-0.3, -0.25) is 14.8 Å². The van der Waals surface area contributed by atoms with Gasteiger partial charge < -0.3 is 5.73 Å². The molecule has 2 saturated heterocycles. The monoisotopic (exact) mass is 288 g/mol. The maximum atomic E-state index is 6.26. The van der Waals surface area contributed by atoms with Crippen LogP contribution in [0.15, 0.2) is 24.4 Å². The minimum Gasteiger partial charge on any atom is -0.329 e. The lowest BCUT2D eigenvalue weighted by Crippen LogP contribution is -2.60. The molecule has 3 rings (SSSR count). The second kappa shape index (κ2) is 6.42. The van der Waals surface area contributed by atoms with E-state index < -0.39 is 0 Å².